The number of anilines is 1. The Bertz CT molecular complexity index is 1140. The van der Waals surface area contributed by atoms with Crippen LogP contribution in [0.4, 0.5) is 5.13 Å². The molecule has 14 nitrogen and oxygen atoms in total. The van der Waals surface area contributed by atoms with E-state index in [2.05, 4.69) is 31.1 Å². The van der Waals surface area contributed by atoms with E-state index >= 15 is 0 Å². The molecule has 2 aliphatic rings. The number of hydrogen-bond acceptors (Lipinski definition) is 12. The summed E-state index contributed by atoms with van der Waals surface area (Å²) in [4.78, 5) is 65.1. The molecule has 3 N–H and O–H groups in total. The second-order valence-electron chi connectivity index (χ2n) is 7.21. The predicted molar refractivity (Wildman–Crippen MR) is 116 cm³/mol. The van der Waals surface area contributed by atoms with Crippen molar-refractivity contribution < 1.29 is 29.1 Å². The van der Waals surface area contributed by atoms with Crippen LogP contribution in [0.25, 0.3) is 0 Å². The number of aryl methyl sites for hydroxylation is 1. The Morgan fingerprint density at radius 1 is 1.42 bits per heavy atom. The number of amides is 3. The molecule has 0 bridgehead atoms. The molecule has 33 heavy (non-hydrogen) atoms. The largest absolute Gasteiger partial charge is 0.481 e. The van der Waals surface area contributed by atoms with Gasteiger partial charge in [-0.2, -0.15) is 0 Å². The number of fused-ring (bicyclic) bond motifs is 1. The first kappa shape index (κ1) is 23.1. The summed E-state index contributed by atoms with van der Waals surface area (Å²) in [5.74, 6) is -3.11. The van der Waals surface area contributed by atoms with Gasteiger partial charge in [0.05, 0.1) is 0 Å². The summed E-state index contributed by atoms with van der Waals surface area (Å²) in [6, 6.07) is -0.944. The molecule has 3 atom stereocenters. The van der Waals surface area contributed by atoms with Gasteiger partial charge in [0.15, 0.2) is 5.13 Å². The SMILES string of the molecule is Cn1nnnc1SCC1(C(=O)O)CS[C@@H]2C(NC(=O)C(=O)c3csc(NC=O)n3)C(=O)N2C1. The quantitative estimate of drug-likeness (QED) is 0.118. The number of carbonyl (C=O) groups is 5. The molecular formula is C16H16N8O6S3. The maximum atomic E-state index is 12.7. The first-order chi connectivity index (χ1) is 15.8. The number of thioether (sulfide) groups is 2. The summed E-state index contributed by atoms with van der Waals surface area (Å²) in [6.45, 7) is -0.0375. The standard InChI is InChI=1S/C16H16N8O6S3/c1-23-15(20-21-22-23)33-5-16(13(29)30)3-24-11(28)8(12(24)32-4-16)19-10(27)9(26)7-2-31-14(18-7)17-6-25/h2,6,8,12H,3-5H2,1H3,(H,19,27)(H,29,30)(H,17,18,25)/t8?,12-,16?/m1/s1. The van der Waals surface area contributed by atoms with E-state index in [1.165, 1.54) is 38.5 Å². The fraction of sp³-hybridized carbons (Fsp3) is 0.438. The van der Waals surface area contributed by atoms with E-state index in [1.807, 2.05) is 0 Å². The third-order valence-corrected chi connectivity index (χ3v) is 8.73. The monoisotopic (exact) mass is 512 g/mol. The lowest BCUT2D eigenvalue weighted by Crippen LogP contribution is -2.74. The van der Waals surface area contributed by atoms with Gasteiger partial charge in [-0.3, -0.25) is 24.0 Å². The first-order valence-electron chi connectivity index (χ1n) is 9.27. The van der Waals surface area contributed by atoms with Crippen LogP contribution in [0.2, 0.25) is 0 Å². The average Bonchev–Trinajstić information content (AvgIpc) is 3.44. The molecule has 2 fully saturated rings. The lowest BCUT2D eigenvalue weighted by molar-refractivity contribution is -0.157. The van der Waals surface area contributed by atoms with Crippen LogP contribution in [0.3, 0.4) is 0 Å². The van der Waals surface area contributed by atoms with Crippen LogP contribution in [0.15, 0.2) is 10.5 Å². The van der Waals surface area contributed by atoms with E-state index in [9.17, 15) is 29.1 Å². The van der Waals surface area contributed by atoms with Crippen molar-refractivity contribution in [3.63, 3.8) is 0 Å². The third-order valence-electron chi connectivity index (χ3n) is 5.07. The smallest absolute Gasteiger partial charge is 0.313 e. The van der Waals surface area contributed by atoms with Crippen LogP contribution < -0.4 is 10.6 Å². The number of thiazole rings is 1. The Morgan fingerprint density at radius 2 is 2.21 bits per heavy atom. The lowest BCUT2D eigenvalue weighted by atomic mass is 9.89. The number of tetrazole rings is 1. The minimum atomic E-state index is -1.22. The van der Waals surface area contributed by atoms with Gasteiger partial charge in [0.25, 0.3) is 11.7 Å². The minimum absolute atomic E-state index is 0.0375. The molecule has 2 aliphatic heterocycles. The second kappa shape index (κ2) is 9.06. The number of rotatable bonds is 9. The molecule has 0 saturated carbocycles. The van der Waals surface area contributed by atoms with Crippen molar-refractivity contribution in [2.75, 3.05) is 23.4 Å². The third kappa shape index (κ3) is 4.30. The van der Waals surface area contributed by atoms with Crippen molar-refractivity contribution >= 4 is 70.0 Å². The van der Waals surface area contributed by atoms with E-state index in [0.717, 1.165) is 11.3 Å². The fourth-order valence-electron chi connectivity index (χ4n) is 3.27. The van der Waals surface area contributed by atoms with E-state index in [1.54, 1.807) is 7.05 Å². The molecule has 4 heterocycles. The number of carboxylic acids is 1. The number of nitrogens with one attached hydrogen (secondary N) is 2. The summed E-state index contributed by atoms with van der Waals surface area (Å²) in [5, 5.41) is 27.1. The Morgan fingerprint density at radius 3 is 2.88 bits per heavy atom. The molecule has 174 valence electrons. The van der Waals surface area contributed by atoms with Crippen LogP contribution in [-0.2, 0) is 26.2 Å². The number of carboxylic acid groups (broad SMARTS) is 1. The molecule has 4 rings (SSSR count). The molecule has 17 heteroatoms. The summed E-state index contributed by atoms with van der Waals surface area (Å²) >= 11 is 3.39. The maximum absolute atomic E-state index is 12.7. The zero-order valence-corrected chi connectivity index (χ0v) is 19.3. The van der Waals surface area contributed by atoms with Crippen molar-refractivity contribution in [3.8, 4) is 0 Å². The Balaban J connectivity index is 1.38. The molecule has 2 aromatic heterocycles. The fourth-order valence-corrected chi connectivity index (χ4v) is 6.63. The van der Waals surface area contributed by atoms with Crippen molar-refractivity contribution in [3.05, 3.63) is 11.1 Å². The molecule has 0 aromatic carbocycles. The molecule has 2 unspecified atom stereocenters. The summed E-state index contributed by atoms with van der Waals surface area (Å²) in [7, 11) is 1.64. The van der Waals surface area contributed by atoms with Crippen LogP contribution in [-0.4, -0.2) is 94.6 Å². The number of ketones is 1. The molecule has 0 spiro atoms. The molecule has 2 aromatic rings. The number of Topliss-reactive ketones (excluding diaryl/α,β-unsaturated/α-hetero) is 1. The van der Waals surface area contributed by atoms with Crippen molar-refractivity contribution in [2.45, 2.75) is 16.6 Å². The van der Waals surface area contributed by atoms with Crippen LogP contribution >= 0.6 is 34.9 Å². The summed E-state index contributed by atoms with van der Waals surface area (Å²) in [5.41, 5.74) is -1.37. The Hall–Kier alpha value is -3.05. The van der Waals surface area contributed by atoms with Gasteiger partial charge in [0.2, 0.25) is 17.5 Å². The number of nitrogens with zero attached hydrogens (tertiary/aromatic N) is 6. The van der Waals surface area contributed by atoms with Gasteiger partial charge < -0.3 is 20.6 Å². The van der Waals surface area contributed by atoms with Crippen molar-refractivity contribution in [1.29, 1.82) is 0 Å². The summed E-state index contributed by atoms with van der Waals surface area (Å²) < 4.78 is 1.43. The van der Waals surface area contributed by atoms with Gasteiger partial charge in [-0.1, -0.05) is 11.8 Å². The van der Waals surface area contributed by atoms with Gasteiger partial charge in [-0.05, 0) is 10.4 Å². The van der Waals surface area contributed by atoms with Gasteiger partial charge in [0.1, 0.15) is 22.5 Å². The highest BCUT2D eigenvalue weighted by molar-refractivity contribution is 8.00. The highest BCUT2D eigenvalue weighted by Crippen LogP contribution is 2.44. The zero-order chi connectivity index (χ0) is 23.8. The van der Waals surface area contributed by atoms with Gasteiger partial charge in [-0.15, -0.1) is 28.2 Å². The minimum Gasteiger partial charge on any atom is -0.481 e. The Labute approximate surface area is 197 Å². The molecule has 2 saturated heterocycles. The van der Waals surface area contributed by atoms with Gasteiger partial charge >= 0.3 is 5.97 Å². The highest BCUT2D eigenvalue weighted by atomic mass is 32.2. The maximum Gasteiger partial charge on any atom is 0.313 e. The number of aromatic nitrogens is 5. The normalized spacial score (nSPS) is 23.9. The lowest BCUT2D eigenvalue weighted by Gasteiger charge is -2.53. The Kier molecular flexibility index (Phi) is 6.35. The van der Waals surface area contributed by atoms with Gasteiger partial charge in [-0.25, -0.2) is 9.67 Å². The number of carbonyl (C=O) groups excluding carboxylic acids is 4. The number of β-lactam (4-membered cyclic amide) rings is 1. The van der Waals surface area contributed by atoms with Crippen LogP contribution in [0, 0.1) is 5.41 Å². The summed E-state index contributed by atoms with van der Waals surface area (Å²) in [6.07, 6.45) is 0.398. The molecule has 0 radical (unpaired) electrons. The average molecular weight is 513 g/mol. The predicted octanol–water partition coefficient (Wildman–Crippen LogP) is -1.32. The molecular weight excluding hydrogens is 496 g/mol. The molecule has 3 amide bonds. The van der Waals surface area contributed by atoms with E-state index in [4.69, 9.17) is 0 Å². The second-order valence-corrected chi connectivity index (χ2v) is 10.1. The zero-order valence-electron chi connectivity index (χ0n) is 16.8. The van der Waals surface area contributed by atoms with Crippen molar-refractivity contribution in [2.24, 2.45) is 12.5 Å². The van der Waals surface area contributed by atoms with Crippen LogP contribution in [0.1, 0.15) is 10.5 Å². The number of aliphatic carboxylic acids is 1. The highest BCUT2D eigenvalue weighted by Gasteiger charge is 2.57. The first-order valence-corrected chi connectivity index (χ1v) is 12.2. The van der Waals surface area contributed by atoms with E-state index in [0.29, 0.717) is 11.6 Å². The van der Waals surface area contributed by atoms with E-state index < -0.39 is 40.4 Å². The van der Waals surface area contributed by atoms with Crippen molar-refractivity contribution in [1.82, 2.24) is 35.4 Å². The van der Waals surface area contributed by atoms with Gasteiger partial charge in [0, 0.05) is 30.5 Å². The topological polar surface area (TPSA) is 189 Å². The van der Waals surface area contributed by atoms with E-state index in [-0.39, 0.29) is 28.9 Å². The molecule has 0 aliphatic carbocycles. The number of hydrogen-bond donors (Lipinski definition) is 3. The van der Waals surface area contributed by atoms with Crippen LogP contribution in [0.5, 0.6) is 0 Å².